The molecule has 1 spiro atoms. The van der Waals surface area contributed by atoms with Crippen LogP contribution in [0.2, 0.25) is 0 Å². The summed E-state index contributed by atoms with van der Waals surface area (Å²) in [4.78, 5) is 7.60. The van der Waals surface area contributed by atoms with Crippen molar-refractivity contribution in [2.75, 3.05) is 38.2 Å². The molecule has 0 atom stereocenters. The van der Waals surface area contributed by atoms with Crippen molar-refractivity contribution < 1.29 is 4.74 Å². The number of hydrogen-bond acceptors (Lipinski definition) is 6. The highest BCUT2D eigenvalue weighted by Crippen LogP contribution is 2.44. The van der Waals surface area contributed by atoms with Crippen molar-refractivity contribution in [2.24, 2.45) is 10.8 Å². The summed E-state index contributed by atoms with van der Waals surface area (Å²) in [7, 11) is 0. The molecular weight excluding hydrogens is 434 g/mol. The highest BCUT2D eigenvalue weighted by atomic mass is 16.5. The van der Waals surface area contributed by atoms with Crippen LogP contribution in [0.4, 0.5) is 5.82 Å². The highest BCUT2D eigenvalue weighted by Gasteiger charge is 2.40. The Morgan fingerprint density at radius 2 is 1.86 bits per heavy atom. The number of anilines is 1. The quantitative estimate of drug-likeness (QED) is 0.588. The summed E-state index contributed by atoms with van der Waals surface area (Å²) in [6.07, 6.45) is 13.3. The minimum absolute atomic E-state index is 0.426. The van der Waals surface area contributed by atoms with Gasteiger partial charge in [-0.15, -0.1) is 5.10 Å². The second kappa shape index (κ2) is 9.44. The van der Waals surface area contributed by atoms with Crippen LogP contribution in [0.1, 0.15) is 82.0 Å². The zero-order valence-corrected chi connectivity index (χ0v) is 21.6. The van der Waals surface area contributed by atoms with Crippen LogP contribution in [0.15, 0.2) is 24.4 Å². The maximum absolute atomic E-state index is 5.72. The van der Waals surface area contributed by atoms with Gasteiger partial charge in [0.2, 0.25) is 0 Å². The zero-order chi connectivity index (χ0) is 23.9. The van der Waals surface area contributed by atoms with Crippen LogP contribution in [0, 0.1) is 17.8 Å². The van der Waals surface area contributed by atoms with Crippen molar-refractivity contribution in [3.63, 3.8) is 0 Å². The lowest BCUT2D eigenvalue weighted by Crippen LogP contribution is -2.46. The molecule has 0 radical (unpaired) electrons. The number of aromatic nitrogens is 3. The smallest absolute Gasteiger partial charge is 0.149 e. The molecule has 35 heavy (non-hydrogen) atoms. The number of pyridine rings is 1. The molecule has 1 N–H and O–H groups in total. The van der Waals surface area contributed by atoms with Gasteiger partial charge >= 0.3 is 0 Å². The van der Waals surface area contributed by atoms with Crippen molar-refractivity contribution in [1.29, 1.82) is 0 Å². The Morgan fingerprint density at radius 3 is 2.57 bits per heavy atom. The van der Waals surface area contributed by atoms with E-state index in [-0.39, 0.29) is 0 Å². The molecule has 0 amide bonds. The van der Waals surface area contributed by atoms with Gasteiger partial charge < -0.3 is 15.0 Å². The third kappa shape index (κ3) is 5.24. The van der Waals surface area contributed by atoms with E-state index in [0.717, 1.165) is 30.3 Å². The molecule has 4 heterocycles. The second-order valence-corrected chi connectivity index (χ2v) is 12.3. The Balaban J connectivity index is 1.04. The largest absolute Gasteiger partial charge is 0.381 e. The van der Waals surface area contributed by atoms with E-state index < -0.39 is 0 Å². The van der Waals surface area contributed by atoms with Crippen molar-refractivity contribution in [1.82, 2.24) is 20.1 Å². The topological polar surface area (TPSA) is 63.2 Å². The predicted molar refractivity (Wildman–Crippen MR) is 140 cm³/mol. The van der Waals surface area contributed by atoms with Crippen molar-refractivity contribution >= 4 is 5.82 Å². The fourth-order valence-corrected chi connectivity index (χ4v) is 6.67. The summed E-state index contributed by atoms with van der Waals surface area (Å²) < 4.78 is 5.72. The van der Waals surface area contributed by atoms with Gasteiger partial charge in [0, 0.05) is 41.9 Å². The summed E-state index contributed by atoms with van der Waals surface area (Å²) in [6, 6.07) is 6.98. The molecule has 2 aromatic rings. The zero-order valence-electron chi connectivity index (χ0n) is 21.6. The number of nitrogens with zero attached hydrogens (tertiary/aromatic N) is 4. The van der Waals surface area contributed by atoms with E-state index in [9.17, 15) is 0 Å². The van der Waals surface area contributed by atoms with Gasteiger partial charge in [-0.3, -0.25) is 4.98 Å². The fraction of sp³-hybridized carbons (Fsp3) is 0.690. The van der Waals surface area contributed by atoms with Gasteiger partial charge in [-0.2, -0.15) is 5.10 Å². The number of hydrogen-bond donors (Lipinski definition) is 1. The lowest BCUT2D eigenvalue weighted by Gasteiger charge is -2.45. The van der Waals surface area contributed by atoms with E-state index in [1.807, 2.05) is 6.20 Å². The molecule has 0 bridgehead atoms. The highest BCUT2D eigenvalue weighted by molar-refractivity contribution is 5.68. The summed E-state index contributed by atoms with van der Waals surface area (Å²) in [5, 5.41) is 12.5. The Bertz CT molecular complexity index is 1030. The first-order chi connectivity index (χ1) is 17.0. The molecule has 2 aliphatic carbocycles. The molecule has 4 fully saturated rings. The Morgan fingerprint density at radius 1 is 1.06 bits per heavy atom. The summed E-state index contributed by atoms with van der Waals surface area (Å²) in [5.41, 5.74) is 5.62. The molecule has 188 valence electrons. The fourth-order valence-electron chi connectivity index (χ4n) is 6.67. The van der Waals surface area contributed by atoms with E-state index in [1.165, 1.54) is 88.7 Å². The number of nitrogens with one attached hydrogen (secondary N) is 1. The van der Waals surface area contributed by atoms with Crippen LogP contribution in [-0.4, -0.2) is 59.0 Å². The van der Waals surface area contributed by atoms with Crippen molar-refractivity contribution in [3.05, 3.63) is 35.8 Å². The van der Waals surface area contributed by atoms with E-state index in [1.54, 1.807) is 0 Å². The molecule has 2 saturated carbocycles. The van der Waals surface area contributed by atoms with Crippen molar-refractivity contribution in [2.45, 2.75) is 83.6 Å². The third-order valence-corrected chi connectivity index (χ3v) is 9.25. The van der Waals surface area contributed by atoms with Gasteiger partial charge in [-0.25, -0.2) is 0 Å². The second-order valence-electron chi connectivity index (χ2n) is 12.3. The van der Waals surface area contributed by atoms with E-state index >= 15 is 0 Å². The molecule has 6 heteroatoms. The van der Waals surface area contributed by atoms with E-state index in [2.05, 4.69) is 52.5 Å². The lowest BCUT2D eigenvalue weighted by molar-refractivity contribution is 0.0461. The molecule has 4 aliphatic rings. The summed E-state index contributed by atoms with van der Waals surface area (Å²) in [6.45, 7) is 10.3. The van der Waals surface area contributed by atoms with Crippen molar-refractivity contribution in [3.8, 4) is 11.1 Å². The SMILES string of the molecule is Cc1ccc(-c2cnnc(NC3CCC(C)(CN4CCC5(CCOC5)CC4)CC3)c2)c(C2CC2)n1. The average Bonchev–Trinajstić information content (AvgIpc) is 3.62. The van der Waals surface area contributed by atoms with E-state index in [0.29, 0.717) is 22.8 Å². The van der Waals surface area contributed by atoms with Crippen LogP contribution < -0.4 is 5.32 Å². The third-order valence-electron chi connectivity index (χ3n) is 9.25. The Labute approximate surface area is 210 Å². The first-order valence-corrected chi connectivity index (χ1v) is 13.9. The van der Waals surface area contributed by atoms with Crippen LogP contribution in [0.3, 0.4) is 0 Å². The van der Waals surface area contributed by atoms with Crippen LogP contribution >= 0.6 is 0 Å². The Hall–Kier alpha value is -2.05. The monoisotopic (exact) mass is 475 g/mol. The lowest BCUT2D eigenvalue weighted by atomic mass is 9.72. The number of likely N-dealkylation sites (tertiary alicyclic amines) is 1. The van der Waals surface area contributed by atoms with Gasteiger partial charge in [-0.1, -0.05) is 13.0 Å². The number of ether oxygens (including phenoxy) is 1. The maximum Gasteiger partial charge on any atom is 0.149 e. The predicted octanol–water partition coefficient (Wildman–Crippen LogP) is 5.59. The molecule has 6 rings (SSSR count). The first kappa shape index (κ1) is 23.4. The van der Waals surface area contributed by atoms with Gasteiger partial charge in [0.25, 0.3) is 0 Å². The molecule has 0 aromatic carbocycles. The van der Waals surface area contributed by atoms with Gasteiger partial charge in [0.1, 0.15) is 5.82 Å². The summed E-state index contributed by atoms with van der Waals surface area (Å²) in [5.74, 6) is 1.51. The van der Waals surface area contributed by atoms with Crippen LogP contribution in [0.25, 0.3) is 11.1 Å². The molecule has 2 aliphatic heterocycles. The van der Waals surface area contributed by atoms with Gasteiger partial charge in [0.15, 0.2) is 0 Å². The molecule has 0 unspecified atom stereocenters. The maximum atomic E-state index is 5.72. The minimum Gasteiger partial charge on any atom is -0.381 e. The summed E-state index contributed by atoms with van der Waals surface area (Å²) >= 11 is 0. The van der Waals surface area contributed by atoms with Gasteiger partial charge in [0.05, 0.1) is 18.5 Å². The Kier molecular flexibility index (Phi) is 6.30. The van der Waals surface area contributed by atoms with E-state index in [4.69, 9.17) is 9.72 Å². The number of piperidine rings is 1. The average molecular weight is 476 g/mol. The molecule has 6 nitrogen and oxygen atoms in total. The molecular formula is C29H41N5O. The minimum atomic E-state index is 0.426. The standard InChI is InChI=1S/C29H41N5O/c1-21-3-6-25(27(31-21)22-4-5-22)23-17-26(33-30-18-23)32-24-7-9-28(2,10-8-24)19-34-14-11-29(12-15-34)13-16-35-20-29/h3,6,17-18,22,24H,4-5,7-16,19-20H2,1-2H3,(H,32,33). The normalized spacial score (nSPS) is 28.9. The number of aryl methyl sites for hydroxylation is 1. The van der Waals surface area contributed by atoms with Crippen LogP contribution in [-0.2, 0) is 4.74 Å². The first-order valence-electron chi connectivity index (χ1n) is 13.9. The van der Waals surface area contributed by atoms with Crippen LogP contribution in [0.5, 0.6) is 0 Å². The molecule has 2 saturated heterocycles. The number of rotatable bonds is 6. The molecule has 2 aromatic heterocycles. The van der Waals surface area contributed by atoms with Gasteiger partial charge in [-0.05, 0) is 101 Å².